The van der Waals surface area contributed by atoms with Crippen LogP contribution in [0.4, 0.5) is 0 Å². The number of ether oxygens (including phenoxy) is 2. The van der Waals surface area contributed by atoms with Gasteiger partial charge in [0.1, 0.15) is 17.1 Å². The number of benzene rings is 5. The SMILES string of the molecule is CC(C)(C)Oc1cc2cc[cH-]c2cc1OC(C)(C)C.Cc1[c-]c2c(cc1)-c1ccc(C)cc1C2.[Cl-].[Cl-].[Zr+2]=[C](c1ccccc1)c1ccccc1. The fourth-order valence-corrected chi connectivity index (χ4v) is 6.52. The molecule has 5 heteroatoms. The quantitative estimate of drug-likeness (QED) is 0.223. The Bertz CT molecular complexity index is 1860. The van der Waals surface area contributed by atoms with Crippen LogP contribution in [-0.2, 0) is 30.7 Å². The van der Waals surface area contributed by atoms with Gasteiger partial charge in [-0.05, 0) is 60.5 Å². The summed E-state index contributed by atoms with van der Waals surface area (Å²) in [6.07, 6.45) is 1.05. The molecule has 2 nitrogen and oxygen atoms in total. The summed E-state index contributed by atoms with van der Waals surface area (Å²) >= 11 is 1.46. The van der Waals surface area contributed by atoms with Crippen molar-refractivity contribution in [2.45, 2.75) is 73.0 Å². The first-order chi connectivity index (χ1) is 22.8. The average molecular weight is 781 g/mol. The van der Waals surface area contributed by atoms with E-state index >= 15 is 0 Å². The number of hydrogen-bond donors (Lipinski definition) is 0. The van der Waals surface area contributed by atoms with Crippen molar-refractivity contribution in [3.05, 3.63) is 161 Å². The molecular weight excluding hydrogens is 735 g/mol. The topological polar surface area (TPSA) is 18.5 Å². The fraction of sp³-hybridized carbons (Fsp3) is 0.244. The van der Waals surface area contributed by atoms with Crippen LogP contribution in [0, 0.1) is 19.9 Å². The van der Waals surface area contributed by atoms with Gasteiger partial charge in [0.05, 0.1) is 5.60 Å². The Hall–Kier alpha value is -3.36. The molecule has 0 bridgehead atoms. The minimum absolute atomic E-state index is 0. The van der Waals surface area contributed by atoms with Crippen LogP contribution in [0.15, 0.2) is 121 Å². The second kappa shape index (κ2) is 17.7. The fourth-order valence-electron chi connectivity index (χ4n) is 5.70. The van der Waals surface area contributed by atoms with Gasteiger partial charge in [-0.2, -0.15) is 35.9 Å². The molecule has 0 saturated carbocycles. The van der Waals surface area contributed by atoms with E-state index in [0.29, 0.717) is 0 Å². The van der Waals surface area contributed by atoms with Gasteiger partial charge in [-0.15, -0.1) is 28.0 Å². The Morgan fingerprint density at radius 1 is 0.660 bits per heavy atom. The Labute approximate surface area is 326 Å². The van der Waals surface area contributed by atoms with Gasteiger partial charge in [-0.1, -0.05) is 48.4 Å². The van der Waals surface area contributed by atoms with Crippen LogP contribution in [-0.4, -0.2) is 14.4 Å². The standard InChI is InChI=1S/C17H23O2.C15H13.C13H10.2ClH.Zr/c1-16(2,3)18-14-10-12-8-7-9-13(12)11-15(14)19-17(4,5)6;1-10-3-5-14-12(7-10)9-13-8-11(2)4-6-15(13)14;1-3-7-12(8-4-1)11-13-9-5-2-6-10-13;;;/h7-11H,1-6H3;3-7H,9H2,1-2H3;1-10H;2*1H;/q2*-1;;;;+2/p-2. The first-order valence-electron chi connectivity index (χ1n) is 16.6. The van der Waals surface area contributed by atoms with E-state index in [1.54, 1.807) is 0 Å². The van der Waals surface area contributed by atoms with Crippen molar-refractivity contribution in [2.24, 2.45) is 0 Å². The Balaban J connectivity index is 0.000000201. The monoisotopic (exact) mass is 778 g/mol. The second-order valence-electron chi connectivity index (χ2n) is 14.4. The zero-order valence-corrected chi connectivity index (χ0v) is 34.3. The minimum atomic E-state index is -0.240. The van der Waals surface area contributed by atoms with Crippen LogP contribution in [0.25, 0.3) is 21.9 Å². The third-order valence-corrected chi connectivity index (χ3v) is 9.17. The zero-order valence-electron chi connectivity index (χ0n) is 30.3. The van der Waals surface area contributed by atoms with Crippen molar-refractivity contribution in [3.8, 4) is 22.6 Å². The van der Waals surface area contributed by atoms with Crippen molar-refractivity contribution in [2.75, 3.05) is 0 Å². The van der Waals surface area contributed by atoms with Crippen LogP contribution in [0.5, 0.6) is 11.5 Å². The molecule has 0 N–H and O–H groups in total. The van der Waals surface area contributed by atoms with Gasteiger partial charge in [-0.3, -0.25) is 0 Å². The van der Waals surface area contributed by atoms with Crippen molar-refractivity contribution in [3.63, 3.8) is 0 Å². The zero-order chi connectivity index (χ0) is 34.5. The van der Waals surface area contributed by atoms with Crippen LogP contribution >= 0.6 is 0 Å². The molecule has 7 rings (SSSR count). The number of fused-ring (bicyclic) bond motifs is 4. The summed E-state index contributed by atoms with van der Waals surface area (Å²) in [4.78, 5) is 0. The summed E-state index contributed by atoms with van der Waals surface area (Å²) < 4.78 is 13.5. The molecule has 0 aliphatic heterocycles. The Morgan fingerprint density at radius 2 is 1.20 bits per heavy atom. The first kappa shape index (κ1) is 41.1. The van der Waals surface area contributed by atoms with E-state index in [2.05, 4.69) is 135 Å². The molecule has 1 aliphatic carbocycles. The molecule has 1 aliphatic rings. The van der Waals surface area contributed by atoms with E-state index < -0.39 is 0 Å². The third kappa shape index (κ3) is 11.3. The Morgan fingerprint density at radius 3 is 1.76 bits per heavy atom. The van der Waals surface area contributed by atoms with Crippen molar-refractivity contribution >= 4 is 14.0 Å². The van der Waals surface area contributed by atoms with Crippen LogP contribution in [0.2, 0.25) is 0 Å². The average Bonchev–Trinajstić information content (AvgIpc) is 3.63. The van der Waals surface area contributed by atoms with Gasteiger partial charge in [0, 0.05) is 0 Å². The summed E-state index contributed by atoms with van der Waals surface area (Å²) in [5.41, 5.74) is 10.3. The number of aryl methyl sites for hydroxylation is 2. The second-order valence-corrected chi connectivity index (χ2v) is 15.6. The van der Waals surface area contributed by atoms with E-state index in [1.807, 2.05) is 47.6 Å². The predicted molar refractivity (Wildman–Crippen MR) is 199 cm³/mol. The third-order valence-electron chi connectivity index (χ3n) is 7.75. The van der Waals surface area contributed by atoms with Gasteiger partial charge in [0.25, 0.3) is 0 Å². The molecular formula is C45H46Cl2O2Zr-2. The number of hydrogen-bond acceptors (Lipinski definition) is 2. The van der Waals surface area contributed by atoms with E-state index in [1.165, 1.54) is 82.7 Å². The maximum absolute atomic E-state index is 6.03. The van der Waals surface area contributed by atoms with E-state index in [-0.39, 0.29) is 36.0 Å². The molecule has 0 atom stereocenters. The van der Waals surface area contributed by atoms with Crippen LogP contribution in [0.1, 0.15) is 74.9 Å². The van der Waals surface area contributed by atoms with Gasteiger partial charge < -0.3 is 34.3 Å². The molecule has 50 heavy (non-hydrogen) atoms. The number of rotatable bonds is 4. The van der Waals surface area contributed by atoms with Gasteiger partial charge >= 0.3 is 99.2 Å². The molecule has 0 heterocycles. The molecule has 0 saturated heterocycles. The predicted octanol–water partition coefficient (Wildman–Crippen LogP) is 5.40. The molecule has 0 fully saturated rings. The Kier molecular flexibility index (Phi) is 14.6. The van der Waals surface area contributed by atoms with Crippen molar-refractivity contribution in [1.29, 1.82) is 0 Å². The van der Waals surface area contributed by atoms with E-state index in [4.69, 9.17) is 9.47 Å². The molecule has 6 aromatic carbocycles. The van der Waals surface area contributed by atoms with Crippen LogP contribution in [0.3, 0.4) is 0 Å². The summed E-state index contributed by atoms with van der Waals surface area (Å²) in [5, 5.41) is 2.36. The van der Waals surface area contributed by atoms with Gasteiger partial charge in [0.15, 0.2) is 0 Å². The summed E-state index contributed by atoms with van der Waals surface area (Å²) in [6.45, 7) is 16.5. The summed E-state index contributed by atoms with van der Waals surface area (Å²) in [7, 11) is 0. The van der Waals surface area contributed by atoms with E-state index in [9.17, 15) is 0 Å². The first-order valence-corrected chi connectivity index (χ1v) is 17.9. The molecule has 0 amide bonds. The maximum atomic E-state index is 6.03. The molecule has 258 valence electrons. The van der Waals surface area contributed by atoms with Gasteiger partial charge in [0.2, 0.25) is 0 Å². The van der Waals surface area contributed by atoms with Crippen molar-refractivity contribution in [1.82, 2.24) is 0 Å². The molecule has 0 spiro atoms. The van der Waals surface area contributed by atoms with Crippen LogP contribution < -0.4 is 34.3 Å². The molecule has 6 aromatic rings. The molecule has 0 unspecified atom stereocenters. The van der Waals surface area contributed by atoms with E-state index in [0.717, 1.165) is 17.9 Å². The van der Waals surface area contributed by atoms with Gasteiger partial charge in [-0.25, -0.2) is 0 Å². The van der Waals surface area contributed by atoms with Crippen molar-refractivity contribution < 1.29 is 58.5 Å². The molecule has 0 radical (unpaired) electrons. The summed E-state index contributed by atoms with van der Waals surface area (Å²) in [5.74, 6) is 1.61. The normalized spacial score (nSPS) is 11.3. The summed E-state index contributed by atoms with van der Waals surface area (Å²) in [6, 6.07) is 46.0. The number of halogens is 2. The molecule has 0 aromatic heterocycles.